The lowest BCUT2D eigenvalue weighted by molar-refractivity contribution is 0.410. The zero-order valence-corrected chi connectivity index (χ0v) is 13.0. The maximum Gasteiger partial charge on any atom is 0.0346 e. The van der Waals surface area contributed by atoms with Crippen molar-refractivity contribution in [3.8, 4) is 0 Å². The maximum atomic E-state index is 3.66. The van der Waals surface area contributed by atoms with E-state index < -0.39 is 0 Å². The van der Waals surface area contributed by atoms with Crippen LogP contribution in [0.3, 0.4) is 0 Å². The molecule has 2 rings (SSSR count). The lowest BCUT2D eigenvalue weighted by Crippen LogP contribution is -2.25. The fourth-order valence-electron chi connectivity index (χ4n) is 2.23. The largest absolute Gasteiger partial charge is 0.306 e. The average Bonchev–Trinajstić information content (AvgIpc) is 2.42. The normalized spacial score (nSPS) is 12.6. The minimum atomic E-state index is 0.383. The van der Waals surface area contributed by atoms with E-state index in [0.29, 0.717) is 12.0 Å². The summed E-state index contributed by atoms with van der Waals surface area (Å²) in [5.74, 6) is 0.560. The second kappa shape index (κ2) is 6.88. The highest BCUT2D eigenvalue weighted by Gasteiger charge is 2.14. The summed E-state index contributed by atoms with van der Waals surface area (Å²) >= 11 is 3.49. The Morgan fingerprint density at radius 3 is 2.16 bits per heavy atom. The Bertz CT molecular complexity index is 490. The molecule has 19 heavy (non-hydrogen) atoms. The molecule has 1 N–H and O–H groups in total. The fourth-order valence-corrected chi connectivity index (χ4v) is 2.50. The molecule has 0 fully saturated rings. The Balaban J connectivity index is 2.06. The summed E-state index contributed by atoms with van der Waals surface area (Å²) in [7, 11) is 0. The van der Waals surface area contributed by atoms with E-state index in [1.807, 2.05) is 0 Å². The van der Waals surface area contributed by atoms with Gasteiger partial charge >= 0.3 is 0 Å². The highest BCUT2D eigenvalue weighted by molar-refractivity contribution is 9.10. The molecule has 0 spiro atoms. The zero-order chi connectivity index (χ0) is 13.7. The third-order valence-electron chi connectivity index (χ3n) is 3.26. The molecule has 2 heteroatoms. The molecule has 1 atom stereocenters. The van der Waals surface area contributed by atoms with Crippen LogP contribution >= 0.6 is 15.9 Å². The minimum Gasteiger partial charge on any atom is -0.306 e. The highest BCUT2D eigenvalue weighted by atomic mass is 79.9. The van der Waals surface area contributed by atoms with Crippen LogP contribution in [0.25, 0.3) is 0 Å². The lowest BCUT2D eigenvalue weighted by Gasteiger charge is -2.23. The van der Waals surface area contributed by atoms with Gasteiger partial charge in [-0.3, -0.25) is 0 Å². The summed E-state index contributed by atoms with van der Waals surface area (Å²) in [4.78, 5) is 0. The van der Waals surface area contributed by atoms with Gasteiger partial charge in [0.2, 0.25) is 0 Å². The Morgan fingerprint density at radius 1 is 0.947 bits per heavy atom. The minimum absolute atomic E-state index is 0.383. The van der Waals surface area contributed by atoms with Gasteiger partial charge < -0.3 is 5.32 Å². The number of hydrogen-bond acceptors (Lipinski definition) is 1. The van der Waals surface area contributed by atoms with Crippen LogP contribution in [-0.4, -0.2) is 0 Å². The third kappa shape index (κ3) is 4.19. The Labute approximate surface area is 124 Å². The Hall–Kier alpha value is -1.12. The van der Waals surface area contributed by atoms with Crippen molar-refractivity contribution in [1.29, 1.82) is 0 Å². The summed E-state index contributed by atoms with van der Waals surface area (Å²) in [5.41, 5.74) is 2.67. The van der Waals surface area contributed by atoms with Gasteiger partial charge in [0.15, 0.2) is 0 Å². The molecule has 0 bridgehead atoms. The van der Waals surface area contributed by atoms with Crippen LogP contribution < -0.4 is 5.32 Å². The molecule has 0 aliphatic carbocycles. The van der Waals surface area contributed by atoms with Crippen molar-refractivity contribution in [2.24, 2.45) is 5.92 Å². The number of benzene rings is 2. The predicted molar refractivity (Wildman–Crippen MR) is 85.0 cm³/mol. The molecule has 2 aromatic carbocycles. The van der Waals surface area contributed by atoms with Gasteiger partial charge in [-0.15, -0.1) is 0 Å². The summed E-state index contributed by atoms with van der Waals surface area (Å²) in [5, 5.41) is 3.66. The SMILES string of the molecule is CC(C)C(NCc1ccccc1)c1ccc(Br)cc1. The van der Waals surface area contributed by atoms with E-state index in [0.717, 1.165) is 11.0 Å². The van der Waals surface area contributed by atoms with E-state index in [9.17, 15) is 0 Å². The van der Waals surface area contributed by atoms with Gasteiger partial charge in [-0.1, -0.05) is 72.2 Å². The van der Waals surface area contributed by atoms with Crippen molar-refractivity contribution in [1.82, 2.24) is 5.32 Å². The van der Waals surface area contributed by atoms with Crippen LogP contribution in [0.1, 0.15) is 31.0 Å². The van der Waals surface area contributed by atoms with Crippen LogP contribution in [0.2, 0.25) is 0 Å². The van der Waals surface area contributed by atoms with E-state index in [4.69, 9.17) is 0 Å². The molecular formula is C17H20BrN. The molecule has 100 valence electrons. The second-order valence-electron chi connectivity index (χ2n) is 5.14. The van der Waals surface area contributed by atoms with Crippen molar-refractivity contribution < 1.29 is 0 Å². The summed E-state index contributed by atoms with van der Waals surface area (Å²) < 4.78 is 1.13. The topological polar surface area (TPSA) is 12.0 Å². The third-order valence-corrected chi connectivity index (χ3v) is 3.79. The molecule has 0 amide bonds. The van der Waals surface area contributed by atoms with Crippen LogP contribution in [0.15, 0.2) is 59.1 Å². The predicted octanol–water partition coefficient (Wildman–Crippen LogP) is 4.94. The van der Waals surface area contributed by atoms with Crippen molar-refractivity contribution >= 4 is 15.9 Å². The van der Waals surface area contributed by atoms with Gasteiger partial charge in [-0.25, -0.2) is 0 Å². The highest BCUT2D eigenvalue weighted by Crippen LogP contribution is 2.23. The Kier molecular flexibility index (Phi) is 5.17. The van der Waals surface area contributed by atoms with Gasteiger partial charge in [0.1, 0.15) is 0 Å². The molecular weight excluding hydrogens is 298 g/mol. The number of rotatable bonds is 5. The molecule has 0 aliphatic heterocycles. The smallest absolute Gasteiger partial charge is 0.0346 e. The monoisotopic (exact) mass is 317 g/mol. The molecule has 2 aromatic rings. The molecule has 0 heterocycles. The van der Waals surface area contributed by atoms with E-state index in [2.05, 4.69) is 89.7 Å². The van der Waals surface area contributed by atoms with Gasteiger partial charge in [-0.2, -0.15) is 0 Å². The van der Waals surface area contributed by atoms with Crippen molar-refractivity contribution in [2.75, 3.05) is 0 Å². The molecule has 0 radical (unpaired) electrons. The van der Waals surface area contributed by atoms with Crippen LogP contribution in [-0.2, 0) is 6.54 Å². The first-order valence-corrected chi connectivity index (χ1v) is 7.49. The molecule has 0 saturated heterocycles. The van der Waals surface area contributed by atoms with Gasteiger partial charge in [-0.05, 0) is 29.2 Å². The molecule has 0 saturated carbocycles. The molecule has 1 nitrogen and oxygen atoms in total. The van der Waals surface area contributed by atoms with E-state index in [1.165, 1.54) is 11.1 Å². The van der Waals surface area contributed by atoms with Gasteiger partial charge in [0.05, 0.1) is 0 Å². The summed E-state index contributed by atoms with van der Waals surface area (Å²) in [6, 6.07) is 19.5. The quantitative estimate of drug-likeness (QED) is 0.824. The maximum absolute atomic E-state index is 3.66. The van der Waals surface area contributed by atoms with E-state index in [-0.39, 0.29) is 0 Å². The summed E-state index contributed by atoms with van der Waals surface area (Å²) in [6.07, 6.45) is 0. The fraction of sp³-hybridized carbons (Fsp3) is 0.294. The molecule has 1 unspecified atom stereocenters. The average molecular weight is 318 g/mol. The first-order valence-electron chi connectivity index (χ1n) is 6.69. The van der Waals surface area contributed by atoms with Gasteiger partial charge in [0.25, 0.3) is 0 Å². The first kappa shape index (κ1) is 14.3. The van der Waals surface area contributed by atoms with Gasteiger partial charge in [0, 0.05) is 17.1 Å². The van der Waals surface area contributed by atoms with E-state index >= 15 is 0 Å². The summed E-state index contributed by atoms with van der Waals surface area (Å²) in [6.45, 7) is 5.41. The zero-order valence-electron chi connectivity index (χ0n) is 11.4. The Morgan fingerprint density at radius 2 is 1.58 bits per heavy atom. The second-order valence-corrected chi connectivity index (χ2v) is 6.06. The molecule has 0 aromatic heterocycles. The van der Waals surface area contributed by atoms with E-state index in [1.54, 1.807) is 0 Å². The number of hydrogen-bond donors (Lipinski definition) is 1. The van der Waals surface area contributed by atoms with Crippen LogP contribution in [0.5, 0.6) is 0 Å². The first-order chi connectivity index (χ1) is 9.16. The van der Waals surface area contributed by atoms with Crippen molar-refractivity contribution in [3.05, 3.63) is 70.2 Å². The number of halogens is 1. The molecule has 0 aliphatic rings. The number of nitrogens with one attached hydrogen (secondary N) is 1. The standard InChI is InChI=1S/C17H20BrN/c1-13(2)17(15-8-10-16(18)11-9-15)19-12-14-6-4-3-5-7-14/h3-11,13,17,19H,12H2,1-2H3. The van der Waals surface area contributed by atoms with Crippen LogP contribution in [0.4, 0.5) is 0 Å². The lowest BCUT2D eigenvalue weighted by atomic mass is 9.96. The van der Waals surface area contributed by atoms with Crippen molar-refractivity contribution in [2.45, 2.75) is 26.4 Å². The van der Waals surface area contributed by atoms with Crippen molar-refractivity contribution in [3.63, 3.8) is 0 Å². The van der Waals surface area contributed by atoms with Crippen LogP contribution in [0, 0.1) is 5.92 Å².